The summed E-state index contributed by atoms with van der Waals surface area (Å²) in [6, 6.07) is 0. The van der Waals surface area contributed by atoms with E-state index in [4.69, 9.17) is 10.2 Å². The third-order valence-electron chi connectivity index (χ3n) is 2.79. The van der Waals surface area contributed by atoms with Crippen LogP contribution >= 0.6 is 0 Å². The van der Waals surface area contributed by atoms with Gasteiger partial charge in [0.15, 0.2) is 0 Å². The number of unbranched alkanes of at least 4 members (excludes halogenated alkanes) is 1. The predicted octanol–water partition coefficient (Wildman–Crippen LogP) is 2.34. The van der Waals surface area contributed by atoms with Crippen molar-refractivity contribution in [3.05, 3.63) is 0 Å². The smallest absolute Gasteiger partial charge is 0.0436 e. The molecule has 0 aromatic carbocycles. The molecule has 2 N–H and O–H groups in total. The normalized spacial score (nSPS) is 15.7. The maximum absolute atomic E-state index is 8.94. The highest BCUT2D eigenvalue weighted by atomic mass is 16.3. The largest absolute Gasteiger partial charge is 0.396 e. The first-order valence-corrected chi connectivity index (χ1v) is 5.40. The molecular formula is C11H24O2. The molecule has 0 bridgehead atoms. The van der Waals surface area contributed by atoms with Crippen molar-refractivity contribution in [3.63, 3.8) is 0 Å². The molecule has 0 heterocycles. The zero-order valence-corrected chi connectivity index (χ0v) is 9.05. The summed E-state index contributed by atoms with van der Waals surface area (Å²) in [6.45, 7) is 4.94. The van der Waals surface area contributed by atoms with Crippen molar-refractivity contribution >= 4 is 0 Å². The van der Waals surface area contributed by atoms with Gasteiger partial charge in [-0.3, -0.25) is 0 Å². The van der Waals surface area contributed by atoms with Gasteiger partial charge in [0.05, 0.1) is 0 Å². The van der Waals surface area contributed by atoms with Gasteiger partial charge in [-0.25, -0.2) is 0 Å². The van der Waals surface area contributed by atoms with Crippen molar-refractivity contribution < 1.29 is 10.2 Å². The summed E-state index contributed by atoms with van der Waals surface area (Å²) in [4.78, 5) is 0. The molecule has 80 valence electrons. The van der Waals surface area contributed by atoms with E-state index in [0.29, 0.717) is 0 Å². The van der Waals surface area contributed by atoms with Crippen molar-refractivity contribution in [3.8, 4) is 0 Å². The van der Waals surface area contributed by atoms with Crippen molar-refractivity contribution in [2.45, 2.75) is 52.4 Å². The molecule has 0 saturated carbocycles. The van der Waals surface area contributed by atoms with Crippen LogP contribution in [0.4, 0.5) is 0 Å². The number of hydrogen-bond acceptors (Lipinski definition) is 2. The molecule has 0 amide bonds. The maximum atomic E-state index is 8.94. The molecule has 0 unspecified atom stereocenters. The molecule has 0 aliphatic heterocycles. The lowest BCUT2D eigenvalue weighted by atomic mass is 9.78. The summed E-state index contributed by atoms with van der Waals surface area (Å²) >= 11 is 0. The first-order valence-electron chi connectivity index (χ1n) is 5.40. The Bertz CT molecular complexity index is 105. The van der Waals surface area contributed by atoms with Gasteiger partial charge >= 0.3 is 0 Å². The third kappa shape index (κ3) is 6.05. The molecule has 0 saturated heterocycles. The van der Waals surface area contributed by atoms with Crippen LogP contribution in [-0.2, 0) is 0 Å². The van der Waals surface area contributed by atoms with E-state index in [0.717, 1.165) is 19.3 Å². The minimum Gasteiger partial charge on any atom is -0.396 e. The summed E-state index contributed by atoms with van der Waals surface area (Å²) in [5.74, 6) is 0. The van der Waals surface area contributed by atoms with E-state index in [1.165, 1.54) is 19.3 Å². The molecule has 0 fully saturated rings. The molecule has 2 nitrogen and oxygen atoms in total. The van der Waals surface area contributed by atoms with Crippen LogP contribution in [-0.4, -0.2) is 23.4 Å². The lowest BCUT2D eigenvalue weighted by Gasteiger charge is -2.28. The standard InChI is InChI=1S/C11H24O2/c1-3-4-6-11(2,8-10-13)7-5-9-12/h12-13H,3-10H2,1-2H3/t11-/m1/s1. The van der Waals surface area contributed by atoms with Gasteiger partial charge in [0.1, 0.15) is 0 Å². The summed E-state index contributed by atoms with van der Waals surface area (Å²) in [6.07, 6.45) is 6.36. The van der Waals surface area contributed by atoms with Gasteiger partial charge in [-0.1, -0.05) is 26.7 Å². The third-order valence-corrected chi connectivity index (χ3v) is 2.79. The van der Waals surface area contributed by atoms with Gasteiger partial charge in [-0.15, -0.1) is 0 Å². The Hall–Kier alpha value is -0.0800. The Kier molecular flexibility index (Phi) is 7.29. The van der Waals surface area contributed by atoms with Gasteiger partial charge in [0, 0.05) is 13.2 Å². The second kappa shape index (κ2) is 7.34. The van der Waals surface area contributed by atoms with E-state index in [1.54, 1.807) is 0 Å². The lowest BCUT2D eigenvalue weighted by Crippen LogP contribution is -2.18. The highest BCUT2D eigenvalue weighted by Gasteiger charge is 2.21. The van der Waals surface area contributed by atoms with E-state index in [9.17, 15) is 0 Å². The molecule has 2 heteroatoms. The van der Waals surface area contributed by atoms with Crippen LogP contribution < -0.4 is 0 Å². The Morgan fingerprint density at radius 1 is 0.923 bits per heavy atom. The molecule has 13 heavy (non-hydrogen) atoms. The van der Waals surface area contributed by atoms with Crippen molar-refractivity contribution in [1.82, 2.24) is 0 Å². The molecule has 0 spiro atoms. The first kappa shape index (κ1) is 12.9. The molecule has 0 radical (unpaired) electrons. The predicted molar refractivity (Wildman–Crippen MR) is 55.7 cm³/mol. The maximum Gasteiger partial charge on any atom is 0.0436 e. The van der Waals surface area contributed by atoms with E-state index >= 15 is 0 Å². The average Bonchev–Trinajstić information content (AvgIpc) is 2.12. The summed E-state index contributed by atoms with van der Waals surface area (Å²) in [7, 11) is 0. The van der Waals surface area contributed by atoms with Crippen molar-refractivity contribution in [2.24, 2.45) is 5.41 Å². The Balaban J connectivity index is 3.84. The summed E-state index contributed by atoms with van der Waals surface area (Å²) in [5.41, 5.74) is 0.244. The SMILES string of the molecule is CCCC[C@@](C)(CCO)CCCO. The number of aliphatic hydroxyl groups excluding tert-OH is 2. The zero-order valence-electron chi connectivity index (χ0n) is 9.05. The number of hydrogen-bond donors (Lipinski definition) is 2. The van der Waals surface area contributed by atoms with Crippen LogP contribution in [0.15, 0.2) is 0 Å². The van der Waals surface area contributed by atoms with Gasteiger partial charge in [-0.05, 0) is 31.1 Å². The van der Waals surface area contributed by atoms with Crippen LogP contribution in [0.3, 0.4) is 0 Å². The minimum absolute atomic E-state index is 0.244. The quantitative estimate of drug-likeness (QED) is 0.614. The van der Waals surface area contributed by atoms with Crippen LogP contribution in [0.5, 0.6) is 0 Å². The van der Waals surface area contributed by atoms with E-state index in [-0.39, 0.29) is 18.6 Å². The minimum atomic E-state index is 0.244. The molecule has 1 atom stereocenters. The Morgan fingerprint density at radius 2 is 1.54 bits per heavy atom. The molecular weight excluding hydrogens is 164 g/mol. The topological polar surface area (TPSA) is 40.5 Å². The van der Waals surface area contributed by atoms with Crippen LogP contribution in [0.2, 0.25) is 0 Å². The van der Waals surface area contributed by atoms with Crippen LogP contribution in [0.25, 0.3) is 0 Å². The molecule has 0 rings (SSSR count). The van der Waals surface area contributed by atoms with Crippen molar-refractivity contribution in [2.75, 3.05) is 13.2 Å². The molecule has 0 aromatic heterocycles. The zero-order chi connectivity index (χ0) is 10.2. The highest BCUT2D eigenvalue weighted by molar-refractivity contribution is 4.73. The van der Waals surface area contributed by atoms with Gasteiger partial charge in [-0.2, -0.15) is 0 Å². The number of rotatable bonds is 8. The van der Waals surface area contributed by atoms with E-state index in [1.807, 2.05) is 0 Å². The van der Waals surface area contributed by atoms with Gasteiger partial charge in [0.2, 0.25) is 0 Å². The monoisotopic (exact) mass is 188 g/mol. The summed E-state index contributed by atoms with van der Waals surface area (Å²) < 4.78 is 0. The highest BCUT2D eigenvalue weighted by Crippen LogP contribution is 2.33. The molecule has 0 aliphatic rings. The Morgan fingerprint density at radius 3 is 2.00 bits per heavy atom. The summed E-state index contributed by atoms with van der Waals surface area (Å²) in [5, 5.41) is 17.7. The van der Waals surface area contributed by atoms with Gasteiger partial charge < -0.3 is 10.2 Å². The fourth-order valence-corrected chi connectivity index (χ4v) is 1.75. The van der Waals surface area contributed by atoms with Crippen LogP contribution in [0, 0.1) is 5.41 Å². The average molecular weight is 188 g/mol. The second-order valence-corrected chi connectivity index (χ2v) is 4.21. The van der Waals surface area contributed by atoms with Crippen LogP contribution in [0.1, 0.15) is 52.4 Å². The molecule has 0 aromatic rings. The Labute approximate surface area is 82.0 Å². The van der Waals surface area contributed by atoms with Crippen molar-refractivity contribution in [1.29, 1.82) is 0 Å². The first-order chi connectivity index (χ1) is 6.18. The number of aliphatic hydroxyl groups is 2. The lowest BCUT2D eigenvalue weighted by molar-refractivity contribution is 0.156. The molecule has 0 aliphatic carbocycles. The fraction of sp³-hybridized carbons (Fsp3) is 1.00. The van der Waals surface area contributed by atoms with E-state index < -0.39 is 0 Å². The van der Waals surface area contributed by atoms with E-state index in [2.05, 4.69) is 13.8 Å². The van der Waals surface area contributed by atoms with Gasteiger partial charge in [0.25, 0.3) is 0 Å². The fourth-order valence-electron chi connectivity index (χ4n) is 1.75. The second-order valence-electron chi connectivity index (χ2n) is 4.21.